The molecule has 0 saturated heterocycles. The number of aryl methyl sites for hydroxylation is 1. The fraction of sp³-hybridized carbons (Fsp3) is 0.364. The van der Waals surface area contributed by atoms with E-state index in [1.54, 1.807) is 7.11 Å². The zero-order valence-corrected chi connectivity index (χ0v) is 15.7. The molecule has 0 amide bonds. The molecule has 0 radical (unpaired) electrons. The first-order valence-corrected chi connectivity index (χ1v) is 9.10. The monoisotopic (exact) mass is 338 g/mol. The summed E-state index contributed by atoms with van der Waals surface area (Å²) in [5, 5.41) is 1.12. The van der Waals surface area contributed by atoms with Crippen molar-refractivity contribution >= 4 is 11.0 Å². The second kappa shape index (κ2) is 7.75. The molecule has 0 fully saturated rings. The van der Waals surface area contributed by atoms with Gasteiger partial charge in [-0.2, -0.15) is 0 Å². The van der Waals surface area contributed by atoms with Gasteiger partial charge in [0.1, 0.15) is 23.6 Å². The fourth-order valence-corrected chi connectivity index (χ4v) is 3.47. The van der Waals surface area contributed by atoms with Crippen LogP contribution in [0.25, 0.3) is 22.1 Å². The van der Waals surface area contributed by atoms with Crippen LogP contribution in [0.4, 0.5) is 0 Å². The molecule has 1 heterocycles. The zero-order valence-electron chi connectivity index (χ0n) is 15.7. The molecule has 1 aromatic heterocycles. The smallest absolute Gasteiger partial charge is 0.135 e. The van der Waals surface area contributed by atoms with Gasteiger partial charge < -0.3 is 14.1 Å². The second-order valence-corrected chi connectivity index (χ2v) is 6.80. The van der Waals surface area contributed by atoms with E-state index in [0.717, 1.165) is 34.6 Å². The summed E-state index contributed by atoms with van der Waals surface area (Å²) in [6, 6.07) is 14.7. The number of nitrogens with one attached hydrogen (secondary N) is 1. The lowest BCUT2D eigenvalue weighted by Gasteiger charge is -2.15. The number of benzene rings is 2. The van der Waals surface area contributed by atoms with E-state index in [0.29, 0.717) is 0 Å². The summed E-state index contributed by atoms with van der Waals surface area (Å²) >= 11 is 0. The summed E-state index contributed by atoms with van der Waals surface area (Å²) in [6.07, 6.45) is 2.47. The van der Waals surface area contributed by atoms with Crippen LogP contribution in [-0.2, 0) is 6.54 Å². The van der Waals surface area contributed by atoms with Crippen molar-refractivity contribution in [1.29, 1.82) is 0 Å². The first kappa shape index (κ1) is 17.6. The number of quaternary nitrogens is 1. The number of hydrogen-bond donors (Lipinski definition) is 1. The van der Waals surface area contributed by atoms with Crippen LogP contribution in [0.3, 0.4) is 0 Å². The number of methoxy groups -OCH3 is 1. The van der Waals surface area contributed by atoms with E-state index in [4.69, 9.17) is 9.15 Å². The summed E-state index contributed by atoms with van der Waals surface area (Å²) < 4.78 is 11.8. The molecular formula is C22H28NO2+. The molecule has 3 nitrogen and oxygen atoms in total. The highest BCUT2D eigenvalue weighted by Gasteiger charge is 2.18. The van der Waals surface area contributed by atoms with Crippen molar-refractivity contribution in [2.24, 2.45) is 0 Å². The quantitative estimate of drug-likeness (QED) is 0.698. The summed E-state index contributed by atoms with van der Waals surface area (Å²) in [4.78, 5) is 1.49. The largest absolute Gasteiger partial charge is 0.496 e. The Balaban J connectivity index is 2.02. The average Bonchev–Trinajstić information content (AvgIpc) is 2.94. The lowest BCUT2D eigenvalue weighted by Crippen LogP contribution is -3.07. The van der Waals surface area contributed by atoms with Crippen LogP contribution in [0.5, 0.6) is 5.75 Å². The first-order chi connectivity index (χ1) is 12.1. The van der Waals surface area contributed by atoms with Crippen molar-refractivity contribution in [2.45, 2.75) is 33.2 Å². The normalized spacial score (nSPS) is 12.5. The van der Waals surface area contributed by atoms with Gasteiger partial charge in [0.15, 0.2) is 0 Å². The molecule has 0 aliphatic carbocycles. The zero-order chi connectivity index (χ0) is 17.8. The van der Waals surface area contributed by atoms with Crippen LogP contribution < -0.4 is 9.64 Å². The Hall–Kier alpha value is -2.26. The van der Waals surface area contributed by atoms with E-state index in [1.165, 1.54) is 35.4 Å². The molecule has 0 bridgehead atoms. The Bertz CT molecular complexity index is 836. The lowest BCUT2D eigenvalue weighted by molar-refractivity contribution is -0.894. The highest BCUT2D eigenvalue weighted by molar-refractivity contribution is 5.97. The minimum Gasteiger partial charge on any atom is -0.496 e. The standard InChI is InChI=1S/C22H27NO2/c1-5-6-12-23(3)15-18-13-21-19(14-20(18)24-4)22(16(2)25-21)17-10-8-7-9-11-17/h7-11,13-14H,5-6,12,15H2,1-4H3/p+1. The first-order valence-electron chi connectivity index (χ1n) is 9.10. The van der Waals surface area contributed by atoms with Gasteiger partial charge in [0.25, 0.3) is 0 Å². The maximum absolute atomic E-state index is 6.09. The van der Waals surface area contributed by atoms with Crippen molar-refractivity contribution in [3.63, 3.8) is 0 Å². The van der Waals surface area contributed by atoms with Gasteiger partial charge in [-0.15, -0.1) is 0 Å². The molecule has 3 aromatic rings. The van der Waals surface area contributed by atoms with Gasteiger partial charge in [-0.1, -0.05) is 43.7 Å². The Morgan fingerprint density at radius 2 is 1.88 bits per heavy atom. The van der Waals surface area contributed by atoms with Crippen LogP contribution in [0.1, 0.15) is 31.1 Å². The van der Waals surface area contributed by atoms with Crippen LogP contribution in [0.15, 0.2) is 46.9 Å². The van der Waals surface area contributed by atoms with Gasteiger partial charge in [0.05, 0.1) is 26.3 Å². The molecule has 1 unspecified atom stereocenters. The van der Waals surface area contributed by atoms with Crippen molar-refractivity contribution in [3.05, 3.63) is 53.8 Å². The van der Waals surface area contributed by atoms with Gasteiger partial charge in [-0.05, 0) is 31.0 Å². The average molecular weight is 338 g/mol. The lowest BCUT2D eigenvalue weighted by atomic mass is 10.0. The Kier molecular flexibility index (Phi) is 5.44. The molecular weight excluding hydrogens is 310 g/mol. The third-order valence-electron chi connectivity index (χ3n) is 4.78. The van der Waals surface area contributed by atoms with Gasteiger partial charge in [-0.3, -0.25) is 0 Å². The van der Waals surface area contributed by atoms with E-state index in [-0.39, 0.29) is 0 Å². The minimum atomic E-state index is 0.940. The number of rotatable bonds is 7. The third kappa shape index (κ3) is 3.72. The minimum absolute atomic E-state index is 0.940. The van der Waals surface area contributed by atoms with E-state index in [1.807, 2.05) is 13.0 Å². The highest BCUT2D eigenvalue weighted by atomic mass is 16.5. The van der Waals surface area contributed by atoms with Gasteiger partial charge in [0, 0.05) is 10.9 Å². The molecule has 1 N–H and O–H groups in total. The van der Waals surface area contributed by atoms with E-state index < -0.39 is 0 Å². The maximum atomic E-state index is 6.09. The Labute approximate surface area is 150 Å². The fourth-order valence-electron chi connectivity index (χ4n) is 3.47. The molecule has 2 aromatic carbocycles. The number of furan rings is 1. The van der Waals surface area contributed by atoms with Crippen LogP contribution in [0, 0.1) is 6.92 Å². The summed E-state index contributed by atoms with van der Waals surface area (Å²) in [5.74, 6) is 1.90. The number of fused-ring (bicyclic) bond motifs is 1. The van der Waals surface area contributed by atoms with Gasteiger partial charge in [-0.25, -0.2) is 0 Å². The van der Waals surface area contributed by atoms with Crippen molar-refractivity contribution in [1.82, 2.24) is 0 Å². The van der Waals surface area contributed by atoms with Crippen molar-refractivity contribution in [3.8, 4) is 16.9 Å². The number of ether oxygens (including phenoxy) is 1. The Morgan fingerprint density at radius 1 is 1.12 bits per heavy atom. The molecule has 0 aliphatic heterocycles. The molecule has 3 rings (SSSR count). The summed E-state index contributed by atoms with van der Waals surface area (Å²) in [5.41, 5.74) is 4.48. The second-order valence-electron chi connectivity index (χ2n) is 6.80. The van der Waals surface area contributed by atoms with Gasteiger partial charge >= 0.3 is 0 Å². The van der Waals surface area contributed by atoms with E-state index in [9.17, 15) is 0 Å². The third-order valence-corrected chi connectivity index (χ3v) is 4.78. The van der Waals surface area contributed by atoms with Crippen molar-refractivity contribution < 1.29 is 14.1 Å². The Morgan fingerprint density at radius 3 is 2.56 bits per heavy atom. The van der Waals surface area contributed by atoms with E-state index >= 15 is 0 Å². The maximum Gasteiger partial charge on any atom is 0.135 e. The predicted molar refractivity (Wildman–Crippen MR) is 103 cm³/mol. The SMILES string of the molecule is CCCC[NH+](C)Cc1cc2oc(C)c(-c3ccccc3)c2cc1OC. The van der Waals surface area contributed by atoms with Gasteiger partial charge in [0.2, 0.25) is 0 Å². The molecule has 3 heteroatoms. The number of hydrogen-bond acceptors (Lipinski definition) is 2. The van der Waals surface area contributed by atoms with Crippen LogP contribution >= 0.6 is 0 Å². The predicted octanol–water partition coefficient (Wildman–Crippen LogP) is 4.23. The van der Waals surface area contributed by atoms with Crippen LogP contribution in [-0.4, -0.2) is 20.7 Å². The highest BCUT2D eigenvalue weighted by Crippen LogP contribution is 2.37. The number of unbranched alkanes of at least 4 members (excludes halogenated alkanes) is 1. The molecule has 0 saturated carbocycles. The molecule has 0 spiro atoms. The van der Waals surface area contributed by atoms with Crippen molar-refractivity contribution in [2.75, 3.05) is 20.7 Å². The van der Waals surface area contributed by atoms with Crippen LogP contribution in [0.2, 0.25) is 0 Å². The topological polar surface area (TPSA) is 26.8 Å². The molecule has 1 atom stereocenters. The molecule has 0 aliphatic rings. The summed E-state index contributed by atoms with van der Waals surface area (Å²) in [6.45, 7) is 6.38. The molecule has 25 heavy (non-hydrogen) atoms. The molecule has 132 valence electrons. The van der Waals surface area contributed by atoms with E-state index in [2.05, 4.69) is 50.4 Å². The summed E-state index contributed by atoms with van der Waals surface area (Å²) in [7, 11) is 3.99.